The lowest BCUT2D eigenvalue weighted by Crippen LogP contribution is -2.20. The smallest absolute Gasteiger partial charge is 0.109 e. The van der Waals surface area contributed by atoms with E-state index in [1.807, 2.05) is 36.1 Å². The molecule has 3 rings (SSSR count). The summed E-state index contributed by atoms with van der Waals surface area (Å²) in [6, 6.07) is 4.24. The van der Waals surface area contributed by atoms with Gasteiger partial charge in [0.05, 0.1) is 17.9 Å². The van der Waals surface area contributed by atoms with Crippen LogP contribution in [0.1, 0.15) is 30.0 Å². The molecule has 5 nitrogen and oxygen atoms in total. The number of nitrogens with zero attached hydrogens (tertiary/aromatic N) is 3. The number of H-pyrrole nitrogens is 1. The summed E-state index contributed by atoms with van der Waals surface area (Å²) in [6.07, 6.45) is 8.34. The molecule has 0 spiro atoms. The molecule has 3 heterocycles. The van der Waals surface area contributed by atoms with Gasteiger partial charge >= 0.3 is 0 Å². The fourth-order valence-electron chi connectivity index (χ4n) is 2.25. The van der Waals surface area contributed by atoms with Gasteiger partial charge in [0.25, 0.3) is 0 Å². The molecule has 0 aliphatic heterocycles. The Bertz CT molecular complexity index is 662. The molecule has 0 aliphatic rings. The normalized spacial score (nSPS) is 12.4. The van der Waals surface area contributed by atoms with E-state index in [0.717, 1.165) is 34.8 Å². The van der Waals surface area contributed by atoms with Gasteiger partial charge in [-0.1, -0.05) is 6.92 Å². The summed E-state index contributed by atoms with van der Waals surface area (Å²) in [4.78, 5) is 8.55. The van der Waals surface area contributed by atoms with Crippen LogP contribution in [0, 0.1) is 0 Å². The molecule has 1 atom stereocenters. The van der Waals surface area contributed by atoms with Crippen LogP contribution in [0.4, 0.5) is 0 Å². The van der Waals surface area contributed by atoms with Gasteiger partial charge in [-0.3, -0.25) is 10.1 Å². The number of thiazole rings is 1. The van der Waals surface area contributed by atoms with Crippen molar-refractivity contribution in [2.24, 2.45) is 0 Å². The van der Waals surface area contributed by atoms with Gasteiger partial charge in [0.2, 0.25) is 0 Å². The molecule has 0 bridgehead atoms. The van der Waals surface area contributed by atoms with Crippen LogP contribution < -0.4 is 5.32 Å². The Morgan fingerprint density at radius 1 is 1.33 bits per heavy atom. The number of hydrogen-bond donors (Lipinski definition) is 2. The average Bonchev–Trinajstić information content (AvgIpc) is 3.20. The summed E-state index contributed by atoms with van der Waals surface area (Å²) < 4.78 is 0. The van der Waals surface area contributed by atoms with E-state index < -0.39 is 0 Å². The Morgan fingerprint density at radius 2 is 2.29 bits per heavy atom. The van der Waals surface area contributed by atoms with Crippen molar-refractivity contribution in [2.75, 3.05) is 0 Å². The zero-order chi connectivity index (χ0) is 14.5. The third kappa shape index (κ3) is 3.17. The summed E-state index contributed by atoms with van der Waals surface area (Å²) in [6.45, 7) is 2.91. The van der Waals surface area contributed by atoms with Crippen molar-refractivity contribution >= 4 is 11.3 Å². The fourth-order valence-corrected chi connectivity index (χ4v) is 3.05. The van der Waals surface area contributed by atoms with Gasteiger partial charge in [-0.15, -0.1) is 11.3 Å². The molecule has 2 N–H and O–H groups in total. The molecule has 0 amide bonds. The van der Waals surface area contributed by atoms with Crippen molar-refractivity contribution in [3.8, 4) is 11.3 Å². The van der Waals surface area contributed by atoms with Crippen molar-refractivity contribution in [3.63, 3.8) is 0 Å². The third-order valence-electron chi connectivity index (χ3n) is 3.36. The van der Waals surface area contributed by atoms with Gasteiger partial charge in [-0.05, 0) is 18.6 Å². The Labute approximate surface area is 127 Å². The van der Waals surface area contributed by atoms with Gasteiger partial charge in [-0.25, -0.2) is 4.98 Å². The van der Waals surface area contributed by atoms with Crippen LogP contribution in [0.2, 0.25) is 0 Å². The van der Waals surface area contributed by atoms with Gasteiger partial charge in [0, 0.05) is 41.6 Å². The molecule has 0 saturated carbocycles. The van der Waals surface area contributed by atoms with Crippen LogP contribution in [0.3, 0.4) is 0 Å². The van der Waals surface area contributed by atoms with E-state index in [2.05, 4.69) is 32.4 Å². The number of nitrogens with one attached hydrogen (secondary N) is 2. The molecule has 1 unspecified atom stereocenters. The zero-order valence-electron chi connectivity index (χ0n) is 11.8. The van der Waals surface area contributed by atoms with Crippen LogP contribution in [-0.4, -0.2) is 20.2 Å². The minimum Gasteiger partial charge on any atom is -0.304 e. The van der Waals surface area contributed by atoms with Gasteiger partial charge in [0.15, 0.2) is 0 Å². The van der Waals surface area contributed by atoms with E-state index in [-0.39, 0.29) is 6.04 Å². The lowest BCUT2D eigenvalue weighted by atomic mass is 10.1. The quantitative estimate of drug-likeness (QED) is 0.733. The largest absolute Gasteiger partial charge is 0.304 e. The van der Waals surface area contributed by atoms with Crippen molar-refractivity contribution in [3.05, 3.63) is 52.9 Å². The molecule has 3 aromatic heterocycles. The second kappa shape index (κ2) is 6.60. The number of pyridine rings is 1. The molecule has 0 saturated heterocycles. The first kappa shape index (κ1) is 13.9. The van der Waals surface area contributed by atoms with E-state index in [0.29, 0.717) is 0 Å². The van der Waals surface area contributed by atoms with E-state index in [1.54, 1.807) is 17.5 Å². The topological polar surface area (TPSA) is 66.5 Å². The molecule has 108 valence electrons. The fraction of sp³-hybridized carbons (Fsp3) is 0.267. The maximum Gasteiger partial charge on any atom is 0.109 e. The SMILES string of the molecule is CCC(NCc1cn[nH]c1-c1cccnc1)c1nccs1. The monoisotopic (exact) mass is 299 g/mol. The van der Waals surface area contributed by atoms with E-state index in [9.17, 15) is 0 Å². The second-order valence-electron chi connectivity index (χ2n) is 4.72. The highest BCUT2D eigenvalue weighted by molar-refractivity contribution is 7.09. The first-order chi connectivity index (χ1) is 10.4. The molecule has 0 radical (unpaired) electrons. The molecular weight excluding hydrogens is 282 g/mol. The Morgan fingerprint density at radius 3 is 3.00 bits per heavy atom. The second-order valence-corrected chi connectivity index (χ2v) is 5.65. The average molecular weight is 299 g/mol. The van der Waals surface area contributed by atoms with Gasteiger partial charge in [0.1, 0.15) is 5.01 Å². The van der Waals surface area contributed by atoms with Crippen LogP contribution >= 0.6 is 11.3 Å². The van der Waals surface area contributed by atoms with Gasteiger partial charge < -0.3 is 5.32 Å². The highest BCUT2D eigenvalue weighted by Crippen LogP contribution is 2.22. The Kier molecular flexibility index (Phi) is 4.37. The lowest BCUT2D eigenvalue weighted by molar-refractivity contribution is 0.517. The first-order valence-corrected chi connectivity index (χ1v) is 7.82. The predicted octanol–water partition coefficient (Wildman–Crippen LogP) is 3.17. The third-order valence-corrected chi connectivity index (χ3v) is 4.25. The summed E-state index contributed by atoms with van der Waals surface area (Å²) >= 11 is 1.69. The van der Waals surface area contributed by atoms with Crippen molar-refractivity contribution in [1.82, 2.24) is 25.5 Å². The highest BCUT2D eigenvalue weighted by atomic mass is 32.1. The van der Waals surface area contributed by atoms with Crippen LogP contribution in [0.15, 0.2) is 42.3 Å². The number of aromatic amines is 1. The Balaban J connectivity index is 1.73. The minimum atomic E-state index is 0.279. The number of rotatable bonds is 6. The van der Waals surface area contributed by atoms with Crippen molar-refractivity contribution < 1.29 is 0 Å². The van der Waals surface area contributed by atoms with Crippen molar-refractivity contribution in [1.29, 1.82) is 0 Å². The molecule has 3 aromatic rings. The molecular formula is C15H17N5S. The van der Waals surface area contributed by atoms with E-state index >= 15 is 0 Å². The molecule has 0 aromatic carbocycles. The zero-order valence-corrected chi connectivity index (χ0v) is 12.6. The summed E-state index contributed by atoms with van der Waals surface area (Å²) in [5.74, 6) is 0. The standard InChI is InChI=1S/C15H17N5S/c1-2-13(15-17-6-7-21-15)18-9-12-10-19-20-14(12)11-4-3-5-16-8-11/h3-8,10,13,18H,2,9H2,1H3,(H,19,20). The number of aromatic nitrogens is 4. The molecule has 6 heteroatoms. The highest BCUT2D eigenvalue weighted by Gasteiger charge is 2.13. The summed E-state index contributed by atoms with van der Waals surface area (Å²) in [5.41, 5.74) is 3.21. The van der Waals surface area contributed by atoms with E-state index in [4.69, 9.17) is 0 Å². The van der Waals surface area contributed by atoms with Gasteiger partial charge in [-0.2, -0.15) is 5.10 Å². The predicted molar refractivity (Wildman–Crippen MR) is 83.8 cm³/mol. The van der Waals surface area contributed by atoms with E-state index in [1.165, 1.54) is 0 Å². The van der Waals surface area contributed by atoms with Crippen molar-refractivity contribution in [2.45, 2.75) is 25.9 Å². The van der Waals surface area contributed by atoms with Crippen LogP contribution in [0.25, 0.3) is 11.3 Å². The molecule has 21 heavy (non-hydrogen) atoms. The molecule has 0 aliphatic carbocycles. The Hall–Kier alpha value is -2.05. The van der Waals surface area contributed by atoms with Crippen LogP contribution in [-0.2, 0) is 6.54 Å². The minimum absolute atomic E-state index is 0.279. The maximum absolute atomic E-state index is 4.39. The van der Waals surface area contributed by atoms with Crippen LogP contribution in [0.5, 0.6) is 0 Å². The maximum atomic E-state index is 4.39. The molecule has 0 fully saturated rings. The summed E-state index contributed by atoms with van der Waals surface area (Å²) in [7, 11) is 0. The lowest BCUT2D eigenvalue weighted by Gasteiger charge is -2.14. The summed E-state index contributed by atoms with van der Waals surface area (Å²) in [5, 5.41) is 13.9. The number of hydrogen-bond acceptors (Lipinski definition) is 5. The first-order valence-electron chi connectivity index (χ1n) is 6.94.